The van der Waals surface area contributed by atoms with Crippen LogP contribution in [0.1, 0.15) is 93.5 Å². The van der Waals surface area contributed by atoms with E-state index in [-0.39, 0.29) is 16.7 Å². The van der Waals surface area contributed by atoms with Gasteiger partial charge in [-0.1, -0.05) is 53.7 Å². The Kier molecular flexibility index (Phi) is 8.42. The van der Waals surface area contributed by atoms with Crippen LogP contribution in [0.4, 0.5) is 5.00 Å². The molecule has 4 nitrogen and oxygen atoms in total. The van der Waals surface area contributed by atoms with Crippen LogP contribution in [0.25, 0.3) is 0 Å². The third kappa shape index (κ3) is 6.37. The number of rotatable bonds is 7. The standard InChI is InChI=1S/C28H38N2O2S2/c1-27(2,3)21-14-18(15-22(25(21)32)28(4,5)6)10-9-13-33-17-24(31)30-26-20(16-29)19-11-7-8-12-23(19)34-26/h14-15,32H,7-13,17H2,1-6H3,(H,30,31). The summed E-state index contributed by atoms with van der Waals surface area (Å²) in [6, 6.07) is 6.59. The Balaban J connectivity index is 1.55. The van der Waals surface area contributed by atoms with Crippen LogP contribution >= 0.6 is 23.1 Å². The smallest absolute Gasteiger partial charge is 0.235 e. The molecule has 2 N–H and O–H groups in total. The Hall–Kier alpha value is -1.97. The maximum Gasteiger partial charge on any atom is 0.235 e. The molecule has 0 aliphatic heterocycles. The summed E-state index contributed by atoms with van der Waals surface area (Å²) in [6.45, 7) is 12.8. The molecule has 0 radical (unpaired) electrons. The van der Waals surface area contributed by atoms with Crippen molar-refractivity contribution in [2.24, 2.45) is 0 Å². The van der Waals surface area contributed by atoms with Gasteiger partial charge >= 0.3 is 0 Å². The van der Waals surface area contributed by atoms with Crippen molar-refractivity contribution in [2.75, 3.05) is 16.8 Å². The number of anilines is 1. The lowest BCUT2D eigenvalue weighted by atomic mass is 9.78. The van der Waals surface area contributed by atoms with Gasteiger partial charge in [-0.05, 0) is 77.4 Å². The molecule has 1 aromatic heterocycles. The zero-order valence-corrected chi connectivity index (χ0v) is 23.1. The molecule has 6 heteroatoms. The van der Waals surface area contributed by atoms with Crippen LogP contribution in [0.15, 0.2) is 12.1 Å². The summed E-state index contributed by atoms with van der Waals surface area (Å²) in [5.41, 5.74) is 4.80. The molecule has 1 aromatic carbocycles. The molecule has 34 heavy (non-hydrogen) atoms. The first kappa shape index (κ1) is 26.6. The lowest BCUT2D eigenvalue weighted by Crippen LogP contribution is -2.18. The van der Waals surface area contributed by atoms with Crippen LogP contribution < -0.4 is 5.32 Å². The molecule has 0 fully saturated rings. The number of hydrogen-bond acceptors (Lipinski definition) is 5. The number of fused-ring (bicyclic) bond motifs is 1. The van der Waals surface area contributed by atoms with Gasteiger partial charge in [-0.3, -0.25) is 4.79 Å². The first-order valence-electron chi connectivity index (χ1n) is 12.2. The zero-order chi connectivity index (χ0) is 25.1. The van der Waals surface area contributed by atoms with Crippen molar-refractivity contribution in [3.8, 4) is 11.8 Å². The number of hydrogen-bond donors (Lipinski definition) is 2. The van der Waals surface area contributed by atoms with Gasteiger partial charge in [-0.2, -0.15) is 17.0 Å². The topological polar surface area (TPSA) is 73.1 Å². The molecule has 0 atom stereocenters. The van der Waals surface area contributed by atoms with Crippen molar-refractivity contribution in [1.29, 1.82) is 5.26 Å². The van der Waals surface area contributed by atoms with Gasteiger partial charge in [0.1, 0.15) is 16.8 Å². The van der Waals surface area contributed by atoms with Crippen LogP contribution in [-0.4, -0.2) is 22.5 Å². The number of nitrogens with one attached hydrogen (secondary N) is 1. The second kappa shape index (κ2) is 10.7. The van der Waals surface area contributed by atoms with Gasteiger partial charge in [0, 0.05) is 4.88 Å². The molecule has 3 rings (SSSR count). The zero-order valence-electron chi connectivity index (χ0n) is 21.4. The van der Waals surface area contributed by atoms with Crippen LogP contribution in [0.3, 0.4) is 0 Å². The van der Waals surface area contributed by atoms with Gasteiger partial charge in [-0.25, -0.2) is 0 Å². The van der Waals surface area contributed by atoms with E-state index >= 15 is 0 Å². The van der Waals surface area contributed by atoms with Crippen molar-refractivity contribution in [3.05, 3.63) is 44.8 Å². The Morgan fingerprint density at radius 3 is 2.32 bits per heavy atom. The summed E-state index contributed by atoms with van der Waals surface area (Å²) in [5, 5.41) is 24.2. The van der Waals surface area contributed by atoms with E-state index in [1.165, 1.54) is 10.4 Å². The highest BCUT2D eigenvalue weighted by atomic mass is 32.2. The molecule has 1 amide bonds. The van der Waals surface area contributed by atoms with Crippen LogP contribution in [0.5, 0.6) is 5.75 Å². The van der Waals surface area contributed by atoms with E-state index in [4.69, 9.17) is 0 Å². The largest absolute Gasteiger partial charge is 0.507 e. The minimum atomic E-state index is -0.129. The van der Waals surface area contributed by atoms with Crippen molar-refractivity contribution in [2.45, 2.75) is 90.9 Å². The fraction of sp³-hybridized carbons (Fsp3) is 0.571. The highest BCUT2D eigenvalue weighted by molar-refractivity contribution is 7.99. The number of phenols is 1. The number of carbonyl (C=O) groups excluding carboxylic acids is 1. The van der Waals surface area contributed by atoms with Gasteiger partial charge in [-0.15, -0.1) is 11.3 Å². The summed E-state index contributed by atoms with van der Waals surface area (Å²) in [7, 11) is 0. The normalized spacial score (nSPS) is 13.9. The minimum absolute atomic E-state index is 0.0326. The average Bonchev–Trinajstić information content (AvgIpc) is 3.09. The molecule has 0 saturated heterocycles. The number of aromatic hydroxyl groups is 1. The third-order valence-corrected chi connectivity index (χ3v) is 8.56. The molecule has 0 unspecified atom stereocenters. The quantitative estimate of drug-likeness (QED) is 0.399. The van der Waals surface area contributed by atoms with Gasteiger partial charge in [0.15, 0.2) is 0 Å². The maximum atomic E-state index is 12.5. The predicted octanol–water partition coefficient (Wildman–Crippen LogP) is 7.10. The van der Waals surface area contributed by atoms with Crippen molar-refractivity contribution >= 4 is 34.0 Å². The summed E-state index contributed by atoms with van der Waals surface area (Å²) in [4.78, 5) is 13.8. The van der Waals surface area contributed by atoms with E-state index in [0.717, 1.165) is 66.0 Å². The van der Waals surface area contributed by atoms with Crippen molar-refractivity contribution in [1.82, 2.24) is 0 Å². The van der Waals surface area contributed by atoms with Crippen LogP contribution in [-0.2, 0) is 34.9 Å². The number of amides is 1. The first-order chi connectivity index (χ1) is 15.9. The number of nitrogens with zero attached hydrogens (tertiary/aromatic N) is 1. The highest BCUT2D eigenvalue weighted by Gasteiger charge is 2.26. The molecule has 0 bridgehead atoms. The van der Waals surface area contributed by atoms with E-state index < -0.39 is 0 Å². The summed E-state index contributed by atoms with van der Waals surface area (Å²) >= 11 is 3.21. The molecule has 184 valence electrons. The molecule has 1 heterocycles. The Labute approximate surface area is 213 Å². The predicted molar refractivity (Wildman–Crippen MR) is 145 cm³/mol. The Morgan fingerprint density at radius 1 is 1.12 bits per heavy atom. The van der Waals surface area contributed by atoms with Gasteiger partial charge < -0.3 is 10.4 Å². The molecule has 1 aliphatic carbocycles. The maximum absolute atomic E-state index is 12.5. The molecule has 1 aliphatic rings. The van der Waals surface area contributed by atoms with Gasteiger partial charge in [0.05, 0.1) is 11.3 Å². The molecule has 0 saturated carbocycles. The molecule has 2 aromatic rings. The van der Waals surface area contributed by atoms with E-state index in [0.29, 0.717) is 17.1 Å². The lowest BCUT2D eigenvalue weighted by Gasteiger charge is -2.28. The van der Waals surface area contributed by atoms with Crippen LogP contribution in [0, 0.1) is 11.3 Å². The first-order valence-corrected chi connectivity index (χ1v) is 14.2. The third-order valence-electron chi connectivity index (χ3n) is 6.31. The number of aryl methyl sites for hydroxylation is 2. The monoisotopic (exact) mass is 498 g/mol. The van der Waals surface area contributed by atoms with E-state index in [9.17, 15) is 15.2 Å². The summed E-state index contributed by atoms with van der Waals surface area (Å²) in [5.74, 6) is 1.66. The number of thiophene rings is 1. The fourth-order valence-corrected chi connectivity index (χ4v) is 6.47. The lowest BCUT2D eigenvalue weighted by molar-refractivity contribution is -0.113. The number of carbonyl (C=O) groups is 1. The fourth-order valence-electron chi connectivity index (χ4n) is 4.46. The number of phenolic OH excluding ortho intramolecular Hbond substituents is 1. The highest BCUT2D eigenvalue weighted by Crippen LogP contribution is 2.40. The van der Waals surface area contributed by atoms with Crippen molar-refractivity contribution in [3.63, 3.8) is 0 Å². The Morgan fingerprint density at radius 2 is 1.74 bits per heavy atom. The van der Waals surface area contributed by atoms with Gasteiger partial charge in [0.25, 0.3) is 0 Å². The van der Waals surface area contributed by atoms with E-state index in [1.807, 2.05) is 0 Å². The Bertz CT molecular complexity index is 1050. The van der Waals surface area contributed by atoms with Crippen molar-refractivity contribution < 1.29 is 9.90 Å². The number of thioether (sulfide) groups is 1. The van der Waals surface area contributed by atoms with E-state index in [1.54, 1.807) is 23.1 Å². The number of nitriles is 1. The van der Waals surface area contributed by atoms with Gasteiger partial charge in [0.2, 0.25) is 5.91 Å². The van der Waals surface area contributed by atoms with Crippen LogP contribution in [0.2, 0.25) is 0 Å². The average molecular weight is 499 g/mol. The molecular weight excluding hydrogens is 460 g/mol. The second-order valence-electron chi connectivity index (χ2n) is 11.3. The SMILES string of the molecule is CC(C)(C)c1cc(CCCSCC(=O)Nc2sc3c(c2C#N)CCCC3)cc(C(C)(C)C)c1O. The molecule has 0 spiro atoms. The van der Waals surface area contributed by atoms with E-state index in [2.05, 4.69) is 65.1 Å². The minimum Gasteiger partial charge on any atom is -0.507 e. The number of benzene rings is 1. The summed E-state index contributed by atoms with van der Waals surface area (Å²) in [6.07, 6.45) is 6.13. The second-order valence-corrected chi connectivity index (χ2v) is 13.5. The summed E-state index contributed by atoms with van der Waals surface area (Å²) < 4.78 is 0. The molecular formula is C28H38N2O2S2.